The number of halogens is 1. The highest BCUT2D eigenvalue weighted by molar-refractivity contribution is 6.31. The summed E-state index contributed by atoms with van der Waals surface area (Å²) in [5.41, 5.74) is 1.43. The molecular formula is C15H16ClN3O. The lowest BCUT2D eigenvalue weighted by molar-refractivity contribution is 0.0745. The van der Waals surface area contributed by atoms with Gasteiger partial charge in [0, 0.05) is 36.2 Å². The zero-order chi connectivity index (χ0) is 14.1. The zero-order valence-electron chi connectivity index (χ0n) is 11.3. The summed E-state index contributed by atoms with van der Waals surface area (Å²) >= 11 is 5.97. The van der Waals surface area contributed by atoms with Gasteiger partial charge >= 0.3 is 0 Å². The third-order valence-electron chi connectivity index (χ3n) is 3.84. The van der Waals surface area contributed by atoms with Gasteiger partial charge < -0.3 is 10.2 Å². The Morgan fingerprint density at radius 2 is 2.30 bits per heavy atom. The predicted octanol–water partition coefficient (Wildman–Crippen LogP) is 2.32. The van der Waals surface area contributed by atoms with Crippen molar-refractivity contribution in [3.8, 4) is 0 Å². The van der Waals surface area contributed by atoms with Gasteiger partial charge in [0.05, 0.1) is 11.1 Å². The van der Waals surface area contributed by atoms with Crippen LogP contribution in [0.25, 0.3) is 10.9 Å². The SMILES string of the molecule is CN(C(=O)c1ccnc2cc(Cl)ccc12)C1CCNC1. The number of carbonyl (C=O) groups is 1. The monoisotopic (exact) mass is 289 g/mol. The van der Waals surface area contributed by atoms with E-state index < -0.39 is 0 Å². The van der Waals surface area contributed by atoms with Gasteiger partial charge in [-0.2, -0.15) is 0 Å². The van der Waals surface area contributed by atoms with Gasteiger partial charge in [0.2, 0.25) is 0 Å². The molecule has 0 spiro atoms. The molecule has 1 aliphatic rings. The summed E-state index contributed by atoms with van der Waals surface area (Å²) in [6.45, 7) is 1.83. The van der Waals surface area contributed by atoms with Crippen LogP contribution in [0.2, 0.25) is 5.02 Å². The number of hydrogen-bond donors (Lipinski definition) is 1. The highest BCUT2D eigenvalue weighted by atomic mass is 35.5. The van der Waals surface area contributed by atoms with Crippen LogP contribution in [0, 0.1) is 0 Å². The number of amides is 1. The highest BCUT2D eigenvalue weighted by Crippen LogP contribution is 2.22. The van der Waals surface area contributed by atoms with Crippen LogP contribution in [0.5, 0.6) is 0 Å². The van der Waals surface area contributed by atoms with Gasteiger partial charge in [-0.05, 0) is 31.2 Å². The van der Waals surface area contributed by atoms with Crippen molar-refractivity contribution in [2.45, 2.75) is 12.5 Å². The van der Waals surface area contributed by atoms with Gasteiger partial charge in [-0.1, -0.05) is 17.7 Å². The fraction of sp³-hybridized carbons (Fsp3) is 0.333. The molecule has 4 nitrogen and oxygen atoms in total. The minimum atomic E-state index is 0.0356. The Balaban J connectivity index is 1.98. The number of carbonyl (C=O) groups excluding carboxylic acids is 1. The number of aromatic nitrogens is 1. The topological polar surface area (TPSA) is 45.2 Å². The second kappa shape index (κ2) is 5.38. The van der Waals surface area contributed by atoms with E-state index in [-0.39, 0.29) is 11.9 Å². The Labute approximate surface area is 122 Å². The fourth-order valence-corrected chi connectivity index (χ4v) is 2.80. The van der Waals surface area contributed by atoms with Gasteiger partial charge in [0.15, 0.2) is 0 Å². The Hall–Kier alpha value is -1.65. The molecule has 0 radical (unpaired) electrons. The Kier molecular flexibility index (Phi) is 3.59. The van der Waals surface area contributed by atoms with Crippen molar-refractivity contribution in [2.75, 3.05) is 20.1 Å². The van der Waals surface area contributed by atoms with Crippen molar-refractivity contribution >= 4 is 28.4 Å². The van der Waals surface area contributed by atoms with E-state index in [1.54, 1.807) is 24.4 Å². The number of hydrogen-bond acceptors (Lipinski definition) is 3. The molecular weight excluding hydrogens is 274 g/mol. The number of benzene rings is 1. The van der Waals surface area contributed by atoms with Crippen LogP contribution in [0.3, 0.4) is 0 Å². The van der Waals surface area contributed by atoms with Crippen LogP contribution >= 0.6 is 11.6 Å². The summed E-state index contributed by atoms with van der Waals surface area (Å²) in [6, 6.07) is 7.47. The first kappa shape index (κ1) is 13.3. The standard InChI is InChI=1S/C15H16ClN3O/c1-19(11-4-6-17-9-11)15(20)13-5-7-18-14-8-10(16)2-3-12(13)14/h2-3,5,7-8,11,17H,4,6,9H2,1H3. The third-order valence-corrected chi connectivity index (χ3v) is 4.07. The Bertz CT molecular complexity index is 653. The lowest BCUT2D eigenvalue weighted by atomic mass is 10.1. The van der Waals surface area contributed by atoms with Gasteiger partial charge in [-0.25, -0.2) is 0 Å². The number of nitrogens with one attached hydrogen (secondary N) is 1. The predicted molar refractivity (Wildman–Crippen MR) is 80.1 cm³/mol. The molecule has 2 heterocycles. The van der Waals surface area contributed by atoms with Crippen LogP contribution in [0.15, 0.2) is 30.5 Å². The average molecular weight is 290 g/mol. The molecule has 20 heavy (non-hydrogen) atoms. The molecule has 1 unspecified atom stereocenters. The van der Waals surface area contributed by atoms with E-state index >= 15 is 0 Å². The molecule has 0 bridgehead atoms. The van der Waals surface area contributed by atoms with E-state index in [1.165, 1.54) is 0 Å². The largest absolute Gasteiger partial charge is 0.337 e. The van der Waals surface area contributed by atoms with Crippen molar-refractivity contribution in [1.29, 1.82) is 0 Å². The minimum Gasteiger partial charge on any atom is -0.337 e. The normalized spacial score (nSPS) is 18.4. The first-order chi connectivity index (χ1) is 9.66. The molecule has 1 aromatic heterocycles. The molecule has 3 rings (SSSR count). The molecule has 1 aromatic carbocycles. The molecule has 0 saturated carbocycles. The summed E-state index contributed by atoms with van der Waals surface area (Å²) in [5, 5.41) is 4.76. The number of rotatable bonds is 2. The molecule has 1 saturated heterocycles. The molecule has 2 aromatic rings. The maximum absolute atomic E-state index is 12.7. The smallest absolute Gasteiger partial charge is 0.254 e. The van der Waals surface area contributed by atoms with Crippen LogP contribution in [-0.2, 0) is 0 Å². The number of likely N-dealkylation sites (N-methyl/N-ethyl adjacent to an activating group) is 1. The van der Waals surface area contributed by atoms with Crippen molar-refractivity contribution in [2.24, 2.45) is 0 Å². The van der Waals surface area contributed by atoms with E-state index in [4.69, 9.17) is 11.6 Å². The summed E-state index contributed by atoms with van der Waals surface area (Å²) in [6.07, 6.45) is 2.66. The average Bonchev–Trinajstić information content (AvgIpc) is 2.99. The summed E-state index contributed by atoms with van der Waals surface area (Å²) in [5.74, 6) is 0.0356. The summed E-state index contributed by atoms with van der Waals surface area (Å²) in [4.78, 5) is 18.8. The lowest BCUT2D eigenvalue weighted by Crippen LogP contribution is -2.38. The second-order valence-electron chi connectivity index (χ2n) is 5.08. The molecule has 104 valence electrons. The van der Waals surface area contributed by atoms with Gasteiger partial charge in [0.1, 0.15) is 0 Å². The Morgan fingerprint density at radius 3 is 3.05 bits per heavy atom. The molecule has 0 aliphatic carbocycles. The summed E-state index contributed by atoms with van der Waals surface area (Å²) in [7, 11) is 1.86. The van der Waals surface area contributed by atoms with E-state index in [9.17, 15) is 4.79 Å². The Morgan fingerprint density at radius 1 is 1.45 bits per heavy atom. The van der Waals surface area contributed by atoms with E-state index in [0.29, 0.717) is 10.6 Å². The zero-order valence-corrected chi connectivity index (χ0v) is 12.0. The van der Waals surface area contributed by atoms with Crippen LogP contribution in [-0.4, -0.2) is 42.0 Å². The molecule has 1 fully saturated rings. The number of pyridine rings is 1. The highest BCUT2D eigenvalue weighted by Gasteiger charge is 2.25. The van der Waals surface area contributed by atoms with Crippen molar-refractivity contribution in [3.63, 3.8) is 0 Å². The van der Waals surface area contributed by atoms with Crippen molar-refractivity contribution in [3.05, 3.63) is 41.0 Å². The molecule has 5 heteroatoms. The van der Waals surface area contributed by atoms with Gasteiger partial charge in [0.25, 0.3) is 5.91 Å². The maximum Gasteiger partial charge on any atom is 0.254 e. The maximum atomic E-state index is 12.7. The summed E-state index contributed by atoms with van der Waals surface area (Å²) < 4.78 is 0. The third kappa shape index (κ3) is 2.37. The molecule has 1 aliphatic heterocycles. The van der Waals surface area contributed by atoms with E-state index in [0.717, 1.165) is 30.4 Å². The first-order valence-corrected chi connectivity index (χ1v) is 7.07. The number of fused-ring (bicyclic) bond motifs is 1. The van der Waals surface area contributed by atoms with E-state index in [2.05, 4.69) is 10.3 Å². The minimum absolute atomic E-state index is 0.0356. The van der Waals surface area contributed by atoms with Crippen LogP contribution in [0.1, 0.15) is 16.8 Å². The van der Waals surface area contributed by atoms with Gasteiger partial charge in [-0.3, -0.25) is 9.78 Å². The number of nitrogens with zero attached hydrogens (tertiary/aromatic N) is 2. The second-order valence-corrected chi connectivity index (χ2v) is 5.52. The van der Waals surface area contributed by atoms with Crippen LogP contribution in [0.4, 0.5) is 0 Å². The van der Waals surface area contributed by atoms with Crippen LogP contribution < -0.4 is 5.32 Å². The quantitative estimate of drug-likeness (QED) is 0.923. The van der Waals surface area contributed by atoms with Crippen molar-refractivity contribution < 1.29 is 4.79 Å². The van der Waals surface area contributed by atoms with Crippen molar-refractivity contribution in [1.82, 2.24) is 15.2 Å². The van der Waals surface area contributed by atoms with Gasteiger partial charge in [-0.15, -0.1) is 0 Å². The fourth-order valence-electron chi connectivity index (χ4n) is 2.63. The lowest BCUT2D eigenvalue weighted by Gasteiger charge is -2.24. The van der Waals surface area contributed by atoms with E-state index in [1.807, 2.05) is 18.0 Å². The first-order valence-electron chi connectivity index (χ1n) is 6.69. The molecule has 1 atom stereocenters. The molecule has 1 N–H and O–H groups in total. The molecule has 1 amide bonds.